The van der Waals surface area contributed by atoms with Crippen LogP contribution in [0.15, 0.2) is 100 Å². The van der Waals surface area contributed by atoms with Crippen LogP contribution >= 0.6 is 0 Å². The summed E-state index contributed by atoms with van der Waals surface area (Å²) in [6, 6.07) is 26.3. The highest BCUT2D eigenvalue weighted by Gasteiger charge is 2.19. The third kappa shape index (κ3) is 5.52. The summed E-state index contributed by atoms with van der Waals surface area (Å²) in [6.45, 7) is 0.668. The van der Waals surface area contributed by atoms with Gasteiger partial charge in [-0.15, -0.1) is 0 Å². The van der Waals surface area contributed by atoms with E-state index in [2.05, 4.69) is 0 Å². The van der Waals surface area contributed by atoms with E-state index >= 15 is 0 Å². The normalized spacial score (nSPS) is 10.7. The van der Waals surface area contributed by atoms with Crippen molar-refractivity contribution < 1.29 is 28.1 Å². The van der Waals surface area contributed by atoms with Crippen LogP contribution in [0.25, 0.3) is 22.1 Å². The Bertz CT molecular complexity index is 1630. The van der Waals surface area contributed by atoms with Gasteiger partial charge in [0.05, 0.1) is 32.3 Å². The molecule has 0 aliphatic rings. The molecular formula is C32H28O7. The van der Waals surface area contributed by atoms with Gasteiger partial charge in [-0.2, -0.15) is 0 Å². The summed E-state index contributed by atoms with van der Waals surface area (Å²) in [7, 11) is 4.61. The highest BCUT2D eigenvalue weighted by molar-refractivity contribution is 5.85. The van der Waals surface area contributed by atoms with Gasteiger partial charge < -0.3 is 28.1 Å². The van der Waals surface area contributed by atoms with Crippen LogP contribution in [0.5, 0.6) is 28.7 Å². The van der Waals surface area contributed by atoms with Crippen LogP contribution in [0.2, 0.25) is 0 Å². The van der Waals surface area contributed by atoms with Gasteiger partial charge in [0.2, 0.25) is 11.2 Å². The van der Waals surface area contributed by atoms with Crippen molar-refractivity contribution in [3.63, 3.8) is 0 Å². The zero-order valence-corrected chi connectivity index (χ0v) is 21.9. The summed E-state index contributed by atoms with van der Waals surface area (Å²) in [5.74, 6) is 2.22. The van der Waals surface area contributed by atoms with Gasteiger partial charge in [0, 0.05) is 6.07 Å². The fourth-order valence-corrected chi connectivity index (χ4v) is 4.27. The number of benzene rings is 4. The molecule has 0 unspecified atom stereocenters. The molecule has 0 saturated heterocycles. The number of rotatable bonds is 10. The maximum Gasteiger partial charge on any atom is 0.203 e. The molecule has 0 N–H and O–H groups in total. The first-order valence-electron chi connectivity index (χ1n) is 12.3. The van der Waals surface area contributed by atoms with E-state index in [0.717, 1.165) is 11.1 Å². The van der Waals surface area contributed by atoms with Crippen LogP contribution in [0.4, 0.5) is 0 Å². The minimum absolute atomic E-state index is 0.231. The predicted octanol–water partition coefficient (Wildman–Crippen LogP) is 6.64. The molecule has 0 fully saturated rings. The highest BCUT2D eigenvalue weighted by Crippen LogP contribution is 2.42. The smallest absolute Gasteiger partial charge is 0.203 e. The van der Waals surface area contributed by atoms with E-state index in [9.17, 15) is 4.79 Å². The Hall–Kier alpha value is -4.91. The molecule has 0 aliphatic heterocycles. The first kappa shape index (κ1) is 25.7. The van der Waals surface area contributed by atoms with Crippen LogP contribution in [-0.4, -0.2) is 21.3 Å². The Morgan fingerprint density at radius 1 is 0.641 bits per heavy atom. The monoisotopic (exact) mass is 524 g/mol. The average Bonchev–Trinajstić information content (AvgIpc) is 2.99. The van der Waals surface area contributed by atoms with Gasteiger partial charge in [0.15, 0.2) is 23.0 Å². The van der Waals surface area contributed by atoms with Gasteiger partial charge in [0.25, 0.3) is 0 Å². The third-order valence-corrected chi connectivity index (χ3v) is 6.29. The molecule has 0 aliphatic carbocycles. The van der Waals surface area contributed by atoms with Gasteiger partial charge in [-0.1, -0.05) is 60.7 Å². The zero-order valence-electron chi connectivity index (χ0n) is 21.9. The van der Waals surface area contributed by atoms with Gasteiger partial charge in [-0.3, -0.25) is 4.79 Å². The summed E-state index contributed by atoms with van der Waals surface area (Å²) in [5, 5.41) is 0.359. The minimum atomic E-state index is -0.231. The Balaban J connectivity index is 1.52. The SMILES string of the molecule is COc1cc2c(=O)c(-c3cc(OC)c(OC)c(OCc4ccccc4)c3)coc2cc1OCc1ccccc1. The molecule has 1 heterocycles. The Morgan fingerprint density at radius 2 is 1.23 bits per heavy atom. The lowest BCUT2D eigenvalue weighted by atomic mass is 10.0. The largest absolute Gasteiger partial charge is 0.493 e. The second kappa shape index (κ2) is 11.6. The zero-order chi connectivity index (χ0) is 27.2. The van der Waals surface area contributed by atoms with E-state index in [-0.39, 0.29) is 5.43 Å². The van der Waals surface area contributed by atoms with Crippen LogP contribution in [0, 0.1) is 0 Å². The van der Waals surface area contributed by atoms with Crippen molar-refractivity contribution in [2.45, 2.75) is 13.2 Å². The van der Waals surface area contributed by atoms with E-state index in [1.54, 1.807) is 31.4 Å². The third-order valence-electron chi connectivity index (χ3n) is 6.29. The quantitative estimate of drug-likeness (QED) is 0.203. The van der Waals surface area contributed by atoms with E-state index < -0.39 is 0 Å². The van der Waals surface area contributed by atoms with Crippen LogP contribution in [0.3, 0.4) is 0 Å². The first-order chi connectivity index (χ1) is 19.1. The average molecular weight is 525 g/mol. The van der Waals surface area contributed by atoms with E-state index in [1.807, 2.05) is 60.7 Å². The van der Waals surface area contributed by atoms with Crippen molar-refractivity contribution in [2.24, 2.45) is 0 Å². The van der Waals surface area contributed by atoms with E-state index in [0.29, 0.717) is 64.1 Å². The molecule has 0 spiro atoms. The molecule has 0 amide bonds. The number of hydrogen-bond acceptors (Lipinski definition) is 7. The number of hydrogen-bond donors (Lipinski definition) is 0. The number of fused-ring (bicyclic) bond motifs is 1. The van der Waals surface area contributed by atoms with Crippen LogP contribution in [-0.2, 0) is 13.2 Å². The Morgan fingerprint density at radius 3 is 1.82 bits per heavy atom. The van der Waals surface area contributed by atoms with Gasteiger partial charge in [-0.05, 0) is 34.9 Å². The maximum atomic E-state index is 13.7. The number of methoxy groups -OCH3 is 3. The molecule has 0 atom stereocenters. The Kier molecular flexibility index (Phi) is 7.68. The second-order valence-corrected chi connectivity index (χ2v) is 8.74. The molecule has 1 aromatic heterocycles. The topological polar surface area (TPSA) is 76.4 Å². The van der Waals surface area contributed by atoms with E-state index in [4.69, 9.17) is 28.1 Å². The van der Waals surface area contributed by atoms with Crippen molar-refractivity contribution in [3.8, 4) is 39.9 Å². The van der Waals surface area contributed by atoms with E-state index in [1.165, 1.54) is 20.5 Å². The van der Waals surface area contributed by atoms with Crippen molar-refractivity contribution in [1.82, 2.24) is 0 Å². The molecule has 5 rings (SSSR count). The molecule has 39 heavy (non-hydrogen) atoms. The van der Waals surface area contributed by atoms with Gasteiger partial charge >= 0.3 is 0 Å². The Labute approximate surface area is 226 Å². The van der Waals surface area contributed by atoms with Crippen molar-refractivity contribution in [1.29, 1.82) is 0 Å². The lowest BCUT2D eigenvalue weighted by Gasteiger charge is -2.16. The fraction of sp³-hybridized carbons (Fsp3) is 0.156. The fourth-order valence-electron chi connectivity index (χ4n) is 4.27. The van der Waals surface area contributed by atoms with Crippen molar-refractivity contribution in [2.75, 3.05) is 21.3 Å². The number of ether oxygens (including phenoxy) is 5. The molecule has 0 bridgehead atoms. The maximum absolute atomic E-state index is 13.7. The second-order valence-electron chi connectivity index (χ2n) is 8.74. The van der Waals surface area contributed by atoms with Gasteiger partial charge in [-0.25, -0.2) is 0 Å². The van der Waals surface area contributed by atoms with Crippen molar-refractivity contribution in [3.05, 3.63) is 113 Å². The lowest BCUT2D eigenvalue weighted by molar-refractivity contribution is 0.275. The molecular weight excluding hydrogens is 496 g/mol. The summed E-state index contributed by atoms with van der Waals surface area (Å²) in [6.07, 6.45) is 1.43. The summed E-state index contributed by atoms with van der Waals surface area (Å²) in [5.41, 5.74) is 3.06. The molecule has 4 aromatic carbocycles. The molecule has 0 saturated carbocycles. The summed E-state index contributed by atoms with van der Waals surface area (Å²) in [4.78, 5) is 13.7. The highest BCUT2D eigenvalue weighted by atomic mass is 16.5. The summed E-state index contributed by atoms with van der Waals surface area (Å²) >= 11 is 0. The molecule has 7 heteroatoms. The molecule has 5 aromatic rings. The lowest BCUT2D eigenvalue weighted by Crippen LogP contribution is -2.07. The molecule has 198 valence electrons. The molecule has 0 radical (unpaired) electrons. The first-order valence-corrected chi connectivity index (χ1v) is 12.3. The summed E-state index contributed by atoms with van der Waals surface area (Å²) < 4.78 is 34.7. The standard InChI is InChI=1S/C32H28O7/c1-34-27-16-24-26(17-28(27)37-18-21-10-6-4-7-11-21)39-20-25(31(24)33)23-14-29(35-2)32(36-3)30(15-23)38-19-22-12-8-5-9-13-22/h4-17,20H,18-19H2,1-3H3. The van der Waals surface area contributed by atoms with Crippen LogP contribution in [0.1, 0.15) is 11.1 Å². The van der Waals surface area contributed by atoms with Gasteiger partial charge in [0.1, 0.15) is 25.1 Å². The minimum Gasteiger partial charge on any atom is -0.493 e. The predicted molar refractivity (Wildman–Crippen MR) is 149 cm³/mol. The van der Waals surface area contributed by atoms with Crippen molar-refractivity contribution >= 4 is 11.0 Å². The van der Waals surface area contributed by atoms with Crippen LogP contribution < -0.4 is 29.1 Å². The molecule has 7 nitrogen and oxygen atoms in total.